The highest BCUT2D eigenvalue weighted by molar-refractivity contribution is 5.80. The number of nitrogens with one attached hydrogen (secondary N) is 2. The molecule has 0 amide bonds. The van der Waals surface area contributed by atoms with E-state index in [1.165, 1.54) is 0 Å². The Kier molecular flexibility index (Phi) is 9.76. The van der Waals surface area contributed by atoms with E-state index in [4.69, 9.17) is 19.2 Å². The Hall–Kier alpha value is -2.15. The average Bonchev–Trinajstić information content (AvgIpc) is 3.18. The third-order valence-electron chi connectivity index (χ3n) is 4.75. The predicted octanol–water partition coefficient (Wildman–Crippen LogP) is 2.65. The van der Waals surface area contributed by atoms with Crippen molar-refractivity contribution in [2.24, 2.45) is 4.99 Å². The molecule has 0 aliphatic carbocycles. The molecule has 1 aliphatic heterocycles. The van der Waals surface area contributed by atoms with E-state index in [2.05, 4.69) is 34.6 Å². The minimum absolute atomic E-state index is 0.360. The van der Waals surface area contributed by atoms with E-state index in [0.717, 1.165) is 81.8 Å². The molecule has 0 saturated carbocycles. The normalized spacial score (nSPS) is 16.9. The number of nitrogens with zero attached hydrogens (tertiary/aromatic N) is 2. The second kappa shape index (κ2) is 12.3. The van der Waals surface area contributed by atoms with Crippen LogP contribution in [0, 0.1) is 0 Å². The van der Waals surface area contributed by atoms with Crippen LogP contribution in [0.15, 0.2) is 23.2 Å². The molecular formula is C21H36N4O3. The lowest BCUT2D eigenvalue weighted by Crippen LogP contribution is -2.44. The molecule has 1 atom stereocenters. The molecule has 1 saturated heterocycles. The minimum Gasteiger partial charge on any atom is -0.497 e. The Balaban J connectivity index is 1.89. The van der Waals surface area contributed by atoms with E-state index in [9.17, 15) is 0 Å². The van der Waals surface area contributed by atoms with Gasteiger partial charge in [-0.15, -0.1) is 0 Å². The third kappa shape index (κ3) is 7.11. The summed E-state index contributed by atoms with van der Waals surface area (Å²) in [6.45, 7) is 9.29. The summed E-state index contributed by atoms with van der Waals surface area (Å²) in [6, 6.07) is 6.38. The van der Waals surface area contributed by atoms with E-state index in [0.29, 0.717) is 6.04 Å². The lowest BCUT2D eigenvalue weighted by molar-refractivity contribution is 0.144. The number of hydrogen-bond acceptors (Lipinski definition) is 5. The number of ether oxygens (including phenoxy) is 3. The minimum atomic E-state index is 0.360. The summed E-state index contributed by atoms with van der Waals surface area (Å²) < 4.78 is 16.2. The van der Waals surface area contributed by atoms with E-state index in [-0.39, 0.29) is 0 Å². The van der Waals surface area contributed by atoms with Crippen molar-refractivity contribution in [2.45, 2.75) is 39.2 Å². The standard InChI is InChI=1S/C21H36N4O3/c1-5-22-21(23-10-7-8-12-28-6-2)24-17-9-11-25(16-17)18-13-19(26-3)15-20(14-18)27-4/h13-15,17H,5-12,16H2,1-4H3,(H2,22,23,24). The first-order chi connectivity index (χ1) is 13.7. The van der Waals surface area contributed by atoms with Gasteiger partial charge in [-0.1, -0.05) is 0 Å². The molecule has 0 radical (unpaired) electrons. The van der Waals surface area contributed by atoms with Gasteiger partial charge in [-0.3, -0.25) is 4.99 Å². The van der Waals surface area contributed by atoms with Gasteiger partial charge in [0.25, 0.3) is 0 Å². The maximum atomic E-state index is 5.40. The Labute approximate surface area is 169 Å². The van der Waals surface area contributed by atoms with Crippen LogP contribution in [0.4, 0.5) is 5.69 Å². The van der Waals surface area contributed by atoms with E-state index < -0.39 is 0 Å². The van der Waals surface area contributed by atoms with Crippen LogP contribution in [0.3, 0.4) is 0 Å². The van der Waals surface area contributed by atoms with Gasteiger partial charge in [0.15, 0.2) is 5.96 Å². The molecule has 7 heteroatoms. The molecule has 1 aliphatic rings. The molecule has 2 rings (SSSR count). The SMILES string of the molecule is CCNC(=NCCCCOCC)NC1CCN(c2cc(OC)cc(OC)c2)C1. The first-order valence-electron chi connectivity index (χ1n) is 10.3. The largest absolute Gasteiger partial charge is 0.497 e. The summed E-state index contributed by atoms with van der Waals surface area (Å²) in [7, 11) is 3.36. The highest BCUT2D eigenvalue weighted by atomic mass is 16.5. The zero-order valence-corrected chi connectivity index (χ0v) is 17.8. The molecular weight excluding hydrogens is 356 g/mol. The predicted molar refractivity (Wildman–Crippen MR) is 115 cm³/mol. The molecule has 1 unspecified atom stereocenters. The molecule has 2 N–H and O–H groups in total. The van der Waals surface area contributed by atoms with Gasteiger partial charge in [-0.25, -0.2) is 0 Å². The molecule has 158 valence electrons. The lowest BCUT2D eigenvalue weighted by Gasteiger charge is -2.21. The molecule has 0 bridgehead atoms. The van der Waals surface area contributed by atoms with Crippen molar-refractivity contribution in [3.63, 3.8) is 0 Å². The maximum absolute atomic E-state index is 5.40. The van der Waals surface area contributed by atoms with Crippen molar-refractivity contribution >= 4 is 11.6 Å². The van der Waals surface area contributed by atoms with Gasteiger partial charge >= 0.3 is 0 Å². The summed E-state index contributed by atoms with van der Waals surface area (Å²) in [4.78, 5) is 7.06. The van der Waals surface area contributed by atoms with Crippen molar-refractivity contribution in [3.05, 3.63) is 18.2 Å². The number of anilines is 1. The van der Waals surface area contributed by atoms with Gasteiger partial charge in [0.1, 0.15) is 11.5 Å². The van der Waals surface area contributed by atoms with Crippen molar-refractivity contribution in [2.75, 3.05) is 58.5 Å². The molecule has 0 spiro atoms. The third-order valence-corrected chi connectivity index (χ3v) is 4.75. The van der Waals surface area contributed by atoms with Crippen LogP contribution >= 0.6 is 0 Å². The van der Waals surface area contributed by atoms with E-state index in [1.807, 2.05) is 13.0 Å². The van der Waals surface area contributed by atoms with Crippen LogP contribution in [0.25, 0.3) is 0 Å². The fourth-order valence-corrected chi connectivity index (χ4v) is 3.25. The first-order valence-corrected chi connectivity index (χ1v) is 10.3. The highest BCUT2D eigenvalue weighted by Gasteiger charge is 2.24. The lowest BCUT2D eigenvalue weighted by atomic mass is 10.2. The summed E-state index contributed by atoms with van der Waals surface area (Å²) >= 11 is 0. The highest BCUT2D eigenvalue weighted by Crippen LogP contribution is 2.30. The summed E-state index contributed by atoms with van der Waals surface area (Å²) in [6.07, 6.45) is 3.15. The Morgan fingerprint density at radius 1 is 1.14 bits per heavy atom. The number of guanidine groups is 1. The molecule has 7 nitrogen and oxygen atoms in total. The Bertz CT molecular complexity index is 587. The van der Waals surface area contributed by atoms with Crippen molar-refractivity contribution in [1.29, 1.82) is 0 Å². The number of rotatable bonds is 11. The van der Waals surface area contributed by atoms with Crippen LogP contribution in [0.2, 0.25) is 0 Å². The summed E-state index contributed by atoms with van der Waals surface area (Å²) in [5.41, 5.74) is 1.12. The van der Waals surface area contributed by atoms with Gasteiger partial charge in [-0.2, -0.15) is 0 Å². The molecule has 1 aromatic rings. The number of methoxy groups -OCH3 is 2. The number of unbranched alkanes of at least 4 members (excludes halogenated alkanes) is 1. The van der Waals surface area contributed by atoms with Gasteiger partial charge < -0.3 is 29.7 Å². The van der Waals surface area contributed by atoms with Gasteiger partial charge in [0.2, 0.25) is 0 Å². The Morgan fingerprint density at radius 2 is 1.89 bits per heavy atom. The van der Waals surface area contributed by atoms with E-state index in [1.54, 1.807) is 14.2 Å². The van der Waals surface area contributed by atoms with E-state index >= 15 is 0 Å². The maximum Gasteiger partial charge on any atom is 0.191 e. The fraction of sp³-hybridized carbons (Fsp3) is 0.667. The molecule has 1 aromatic carbocycles. The zero-order valence-electron chi connectivity index (χ0n) is 17.8. The quantitative estimate of drug-likeness (QED) is 0.343. The number of benzene rings is 1. The summed E-state index contributed by atoms with van der Waals surface area (Å²) in [5, 5.41) is 6.93. The van der Waals surface area contributed by atoms with Crippen molar-refractivity contribution in [1.82, 2.24) is 10.6 Å². The molecule has 28 heavy (non-hydrogen) atoms. The van der Waals surface area contributed by atoms with Crippen molar-refractivity contribution < 1.29 is 14.2 Å². The van der Waals surface area contributed by atoms with Crippen LogP contribution < -0.4 is 25.0 Å². The number of hydrogen-bond donors (Lipinski definition) is 2. The van der Waals surface area contributed by atoms with Crippen molar-refractivity contribution in [3.8, 4) is 11.5 Å². The smallest absolute Gasteiger partial charge is 0.191 e. The van der Waals surface area contributed by atoms with Gasteiger partial charge in [0.05, 0.1) is 14.2 Å². The van der Waals surface area contributed by atoms with Crippen LogP contribution in [0.1, 0.15) is 33.1 Å². The Morgan fingerprint density at radius 3 is 2.54 bits per heavy atom. The molecule has 0 aromatic heterocycles. The second-order valence-electron chi connectivity index (χ2n) is 6.81. The second-order valence-corrected chi connectivity index (χ2v) is 6.81. The summed E-state index contributed by atoms with van der Waals surface area (Å²) in [5.74, 6) is 2.52. The molecule has 1 heterocycles. The van der Waals surface area contributed by atoms with Crippen LogP contribution in [-0.4, -0.2) is 65.6 Å². The monoisotopic (exact) mass is 392 g/mol. The fourth-order valence-electron chi connectivity index (χ4n) is 3.25. The van der Waals surface area contributed by atoms with Gasteiger partial charge in [-0.05, 0) is 33.1 Å². The molecule has 1 fully saturated rings. The zero-order chi connectivity index (χ0) is 20.2. The average molecular weight is 393 g/mol. The van der Waals surface area contributed by atoms with Crippen LogP contribution in [0.5, 0.6) is 11.5 Å². The van der Waals surface area contributed by atoms with Crippen LogP contribution in [-0.2, 0) is 4.74 Å². The topological polar surface area (TPSA) is 67.4 Å². The number of aliphatic imine (C=N–C) groups is 1. The van der Waals surface area contributed by atoms with Gasteiger partial charge in [0, 0.05) is 69.3 Å². The first kappa shape index (κ1) is 22.1.